The van der Waals surface area contributed by atoms with E-state index >= 15 is 0 Å². The fourth-order valence-corrected chi connectivity index (χ4v) is 2.32. The van der Waals surface area contributed by atoms with E-state index in [2.05, 4.69) is 17.6 Å². The number of halogens is 1. The van der Waals surface area contributed by atoms with Crippen molar-refractivity contribution in [3.8, 4) is 11.5 Å². The lowest BCUT2D eigenvalue weighted by Gasteiger charge is -2.30. The van der Waals surface area contributed by atoms with Gasteiger partial charge in [-0.3, -0.25) is 4.79 Å². The normalized spacial score (nSPS) is 21.0. The summed E-state index contributed by atoms with van der Waals surface area (Å²) in [4.78, 5) is 11.9. The van der Waals surface area contributed by atoms with E-state index in [9.17, 15) is 4.79 Å². The van der Waals surface area contributed by atoms with Crippen LogP contribution in [0.1, 0.15) is 13.3 Å². The lowest BCUT2D eigenvalue weighted by atomic mass is 9.95. The average Bonchev–Trinajstić information content (AvgIpc) is 2.48. The molecule has 6 heteroatoms. The SMILES string of the molecule is COc1cccc(OCC(=O)NC2CCNCC2C)c1.Cl. The minimum atomic E-state index is -0.0773. The first-order chi connectivity index (χ1) is 9.69. The van der Waals surface area contributed by atoms with E-state index in [-0.39, 0.29) is 31.0 Å². The first-order valence-electron chi connectivity index (χ1n) is 6.96. The van der Waals surface area contributed by atoms with Gasteiger partial charge in [-0.15, -0.1) is 12.4 Å². The van der Waals surface area contributed by atoms with Crippen LogP contribution in [-0.4, -0.2) is 38.8 Å². The van der Waals surface area contributed by atoms with Crippen LogP contribution in [-0.2, 0) is 4.79 Å². The van der Waals surface area contributed by atoms with Gasteiger partial charge in [0.2, 0.25) is 0 Å². The number of hydrogen-bond acceptors (Lipinski definition) is 4. The second-order valence-corrected chi connectivity index (χ2v) is 5.11. The summed E-state index contributed by atoms with van der Waals surface area (Å²) in [5.41, 5.74) is 0. The highest BCUT2D eigenvalue weighted by Gasteiger charge is 2.22. The highest BCUT2D eigenvalue weighted by atomic mass is 35.5. The van der Waals surface area contributed by atoms with Crippen LogP contribution in [0.3, 0.4) is 0 Å². The van der Waals surface area contributed by atoms with Crippen molar-refractivity contribution in [2.24, 2.45) is 5.92 Å². The predicted molar refractivity (Wildman–Crippen MR) is 84.3 cm³/mol. The zero-order valence-corrected chi connectivity index (χ0v) is 13.2. The molecule has 5 nitrogen and oxygen atoms in total. The van der Waals surface area contributed by atoms with Crippen molar-refractivity contribution >= 4 is 18.3 Å². The fourth-order valence-electron chi connectivity index (χ4n) is 2.32. The molecule has 1 amide bonds. The standard InChI is InChI=1S/C15H22N2O3.ClH/c1-11-9-16-7-6-14(11)17-15(18)10-20-13-5-3-4-12(8-13)19-2;/h3-5,8,11,14,16H,6-7,9-10H2,1-2H3,(H,17,18);1H. The highest BCUT2D eigenvalue weighted by molar-refractivity contribution is 5.85. The molecule has 2 atom stereocenters. The third-order valence-corrected chi connectivity index (χ3v) is 3.54. The van der Waals surface area contributed by atoms with Gasteiger partial charge in [-0.1, -0.05) is 13.0 Å². The van der Waals surface area contributed by atoms with Crippen molar-refractivity contribution in [1.82, 2.24) is 10.6 Å². The Bertz CT molecular complexity index is 456. The average molecular weight is 315 g/mol. The molecular formula is C15H23ClN2O3. The van der Waals surface area contributed by atoms with Gasteiger partial charge in [0.15, 0.2) is 6.61 Å². The minimum absolute atomic E-state index is 0. The summed E-state index contributed by atoms with van der Waals surface area (Å²) in [6, 6.07) is 7.48. The van der Waals surface area contributed by atoms with E-state index in [1.807, 2.05) is 18.2 Å². The Morgan fingerprint density at radius 1 is 1.43 bits per heavy atom. The van der Waals surface area contributed by atoms with E-state index in [0.717, 1.165) is 25.3 Å². The fraction of sp³-hybridized carbons (Fsp3) is 0.533. The van der Waals surface area contributed by atoms with Crippen molar-refractivity contribution in [2.45, 2.75) is 19.4 Å². The Morgan fingerprint density at radius 2 is 2.19 bits per heavy atom. The molecule has 1 fully saturated rings. The lowest BCUT2D eigenvalue weighted by molar-refractivity contribution is -0.124. The number of piperidine rings is 1. The molecule has 0 aromatic heterocycles. The molecule has 1 aromatic carbocycles. The Labute approximate surface area is 131 Å². The zero-order chi connectivity index (χ0) is 14.4. The van der Waals surface area contributed by atoms with Crippen molar-refractivity contribution in [3.05, 3.63) is 24.3 Å². The van der Waals surface area contributed by atoms with Crippen LogP contribution in [0, 0.1) is 5.92 Å². The van der Waals surface area contributed by atoms with Gasteiger partial charge in [0.05, 0.1) is 7.11 Å². The van der Waals surface area contributed by atoms with Crippen molar-refractivity contribution in [3.63, 3.8) is 0 Å². The number of hydrogen-bond donors (Lipinski definition) is 2. The molecular weight excluding hydrogens is 292 g/mol. The number of ether oxygens (including phenoxy) is 2. The maximum atomic E-state index is 11.9. The zero-order valence-electron chi connectivity index (χ0n) is 12.4. The van der Waals surface area contributed by atoms with E-state index in [1.54, 1.807) is 13.2 Å². The quantitative estimate of drug-likeness (QED) is 0.867. The summed E-state index contributed by atoms with van der Waals surface area (Å²) < 4.78 is 10.6. The summed E-state index contributed by atoms with van der Waals surface area (Å²) >= 11 is 0. The number of benzene rings is 1. The summed E-state index contributed by atoms with van der Waals surface area (Å²) in [6.45, 7) is 4.07. The summed E-state index contributed by atoms with van der Waals surface area (Å²) in [5, 5.41) is 6.34. The molecule has 1 aliphatic heterocycles. The van der Waals surface area contributed by atoms with Gasteiger partial charge < -0.3 is 20.1 Å². The third-order valence-electron chi connectivity index (χ3n) is 3.54. The topological polar surface area (TPSA) is 59.6 Å². The number of methoxy groups -OCH3 is 1. The van der Waals surface area contributed by atoms with Crippen LogP contribution >= 0.6 is 12.4 Å². The van der Waals surface area contributed by atoms with Gasteiger partial charge in [-0.05, 0) is 37.6 Å². The van der Waals surface area contributed by atoms with Crippen LogP contribution in [0.15, 0.2) is 24.3 Å². The number of rotatable bonds is 5. The summed E-state index contributed by atoms with van der Waals surface area (Å²) in [7, 11) is 1.60. The number of carbonyl (C=O) groups is 1. The number of carbonyl (C=O) groups excluding carboxylic acids is 1. The van der Waals surface area contributed by atoms with E-state index in [4.69, 9.17) is 9.47 Å². The van der Waals surface area contributed by atoms with Crippen LogP contribution in [0.25, 0.3) is 0 Å². The molecule has 2 N–H and O–H groups in total. The molecule has 118 valence electrons. The Balaban J connectivity index is 0.00000220. The molecule has 1 heterocycles. The van der Waals surface area contributed by atoms with Crippen molar-refractivity contribution in [2.75, 3.05) is 26.8 Å². The molecule has 1 aromatic rings. The van der Waals surface area contributed by atoms with Crippen LogP contribution in [0.2, 0.25) is 0 Å². The van der Waals surface area contributed by atoms with E-state index in [0.29, 0.717) is 11.7 Å². The van der Waals surface area contributed by atoms with E-state index in [1.165, 1.54) is 0 Å². The smallest absolute Gasteiger partial charge is 0.258 e. The first-order valence-corrected chi connectivity index (χ1v) is 6.96. The number of amides is 1. The molecule has 2 rings (SSSR count). The Kier molecular flexibility index (Phi) is 7.32. The van der Waals surface area contributed by atoms with Crippen LogP contribution in [0.4, 0.5) is 0 Å². The van der Waals surface area contributed by atoms with Crippen LogP contribution in [0.5, 0.6) is 11.5 Å². The van der Waals surface area contributed by atoms with Gasteiger partial charge >= 0.3 is 0 Å². The maximum absolute atomic E-state index is 11.9. The molecule has 0 saturated carbocycles. The second kappa shape index (κ2) is 8.74. The second-order valence-electron chi connectivity index (χ2n) is 5.11. The van der Waals surface area contributed by atoms with Gasteiger partial charge in [-0.2, -0.15) is 0 Å². The Morgan fingerprint density at radius 3 is 2.90 bits per heavy atom. The summed E-state index contributed by atoms with van der Waals surface area (Å²) in [5.74, 6) is 1.73. The lowest BCUT2D eigenvalue weighted by Crippen LogP contribution is -2.49. The van der Waals surface area contributed by atoms with Gasteiger partial charge in [0.1, 0.15) is 11.5 Å². The van der Waals surface area contributed by atoms with Gasteiger partial charge in [0.25, 0.3) is 5.91 Å². The molecule has 1 saturated heterocycles. The molecule has 0 bridgehead atoms. The summed E-state index contributed by atoms with van der Waals surface area (Å²) in [6.07, 6.45) is 0.964. The van der Waals surface area contributed by atoms with Crippen molar-refractivity contribution in [1.29, 1.82) is 0 Å². The monoisotopic (exact) mass is 314 g/mol. The first kappa shape index (κ1) is 17.6. The van der Waals surface area contributed by atoms with E-state index < -0.39 is 0 Å². The predicted octanol–water partition coefficient (Wildman–Crippen LogP) is 1.61. The van der Waals surface area contributed by atoms with Crippen molar-refractivity contribution < 1.29 is 14.3 Å². The largest absolute Gasteiger partial charge is 0.497 e. The Hall–Kier alpha value is -1.46. The third kappa shape index (κ3) is 5.44. The molecule has 0 spiro atoms. The molecule has 21 heavy (non-hydrogen) atoms. The number of nitrogens with one attached hydrogen (secondary N) is 2. The highest BCUT2D eigenvalue weighted by Crippen LogP contribution is 2.18. The maximum Gasteiger partial charge on any atom is 0.258 e. The molecule has 0 aliphatic carbocycles. The molecule has 2 unspecified atom stereocenters. The molecule has 1 aliphatic rings. The van der Waals surface area contributed by atoms with Crippen LogP contribution < -0.4 is 20.1 Å². The minimum Gasteiger partial charge on any atom is -0.497 e. The van der Waals surface area contributed by atoms with Gasteiger partial charge in [-0.25, -0.2) is 0 Å². The van der Waals surface area contributed by atoms with Gasteiger partial charge in [0, 0.05) is 12.1 Å². The molecule has 0 radical (unpaired) electrons.